The van der Waals surface area contributed by atoms with E-state index in [0.717, 1.165) is 32.4 Å². The first-order chi connectivity index (χ1) is 18.5. The fraction of sp³-hybridized carbons (Fsp3) is 0.360. The number of carbonyl (C=O) groups excluding carboxylic acids is 2. The standard InChI is InChI=1S/C25H29ClF2N4O6S/c1-2-31(24(34)17-30-10-4-3-5-11-30)12-13-32(16-23(33)29-35)39(36,37)20-14-21(27)25(22(28)15-20)38-19-8-6-18(26)7-9-19/h2,6-9,14-15,35H,1,3-5,10-13,16-17H2,(H,29,33). The van der Waals surface area contributed by atoms with E-state index in [-0.39, 0.29) is 24.7 Å². The first kappa shape index (κ1) is 30.4. The molecule has 0 saturated carbocycles. The van der Waals surface area contributed by atoms with Crippen molar-refractivity contribution in [3.05, 3.63) is 65.8 Å². The van der Waals surface area contributed by atoms with Gasteiger partial charge >= 0.3 is 0 Å². The number of benzene rings is 2. The van der Waals surface area contributed by atoms with Gasteiger partial charge < -0.3 is 9.64 Å². The second-order valence-electron chi connectivity index (χ2n) is 8.75. The van der Waals surface area contributed by atoms with Gasteiger partial charge in [-0.1, -0.05) is 24.6 Å². The molecule has 1 fully saturated rings. The minimum atomic E-state index is -4.68. The van der Waals surface area contributed by atoms with Crippen molar-refractivity contribution in [2.45, 2.75) is 24.2 Å². The number of halogens is 3. The third kappa shape index (κ3) is 8.19. The van der Waals surface area contributed by atoms with Crippen LogP contribution >= 0.6 is 11.6 Å². The Morgan fingerprint density at radius 2 is 1.72 bits per heavy atom. The van der Waals surface area contributed by atoms with Crippen LogP contribution < -0.4 is 10.2 Å². The molecule has 0 aliphatic carbocycles. The number of nitrogens with zero attached hydrogens (tertiary/aromatic N) is 3. The van der Waals surface area contributed by atoms with E-state index < -0.39 is 51.3 Å². The van der Waals surface area contributed by atoms with Crippen LogP contribution in [0.15, 0.2) is 54.1 Å². The number of rotatable bonds is 12. The van der Waals surface area contributed by atoms with Gasteiger partial charge in [0.2, 0.25) is 15.9 Å². The topological polar surface area (TPSA) is 119 Å². The van der Waals surface area contributed by atoms with E-state index in [1.54, 1.807) is 0 Å². The summed E-state index contributed by atoms with van der Waals surface area (Å²) >= 11 is 5.79. The van der Waals surface area contributed by atoms with Crippen molar-refractivity contribution in [1.82, 2.24) is 19.6 Å². The van der Waals surface area contributed by atoms with E-state index in [1.807, 2.05) is 4.90 Å². The number of piperidine rings is 1. The monoisotopic (exact) mass is 586 g/mol. The van der Waals surface area contributed by atoms with Gasteiger partial charge in [-0.05, 0) is 68.5 Å². The van der Waals surface area contributed by atoms with Crippen LogP contribution in [0, 0.1) is 11.6 Å². The number of carbonyl (C=O) groups is 2. The lowest BCUT2D eigenvalue weighted by molar-refractivity contribution is -0.130. The zero-order valence-electron chi connectivity index (χ0n) is 21.0. The first-order valence-corrected chi connectivity index (χ1v) is 13.9. The molecule has 2 N–H and O–H groups in total. The molecule has 14 heteroatoms. The lowest BCUT2D eigenvalue weighted by Crippen LogP contribution is -2.46. The van der Waals surface area contributed by atoms with Gasteiger partial charge in [0.25, 0.3) is 5.91 Å². The van der Waals surface area contributed by atoms with E-state index >= 15 is 0 Å². The van der Waals surface area contributed by atoms with E-state index in [0.29, 0.717) is 21.5 Å². The van der Waals surface area contributed by atoms with Crippen LogP contribution in [0.1, 0.15) is 19.3 Å². The largest absolute Gasteiger partial charge is 0.451 e. The van der Waals surface area contributed by atoms with E-state index in [2.05, 4.69) is 6.58 Å². The fourth-order valence-electron chi connectivity index (χ4n) is 3.97. The molecule has 1 heterocycles. The summed E-state index contributed by atoms with van der Waals surface area (Å²) < 4.78 is 62.1. The summed E-state index contributed by atoms with van der Waals surface area (Å²) in [6.07, 6.45) is 4.27. The molecular formula is C25H29ClF2N4O6S. The molecule has 0 atom stereocenters. The number of hydrogen-bond donors (Lipinski definition) is 2. The smallest absolute Gasteiger partial charge is 0.258 e. The summed E-state index contributed by atoms with van der Waals surface area (Å²) in [5.74, 6) is -4.80. The summed E-state index contributed by atoms with van der Waals surface area (Å²) in [5.41, 5.74) is 1.33. The summed E-state index contributed by atoms with van der Waals surface area (Å²) in [5, 5.41) is 9.32. The maximum absolute atomic E-state index is 14.8. The molecule has 0 bridgehead atoms. The SMILES string of the molecule is C=CN(CCN(CC(=O)NO)S(=O)(=O)c1cc(F)c(Oc2ccc(Cl)cc2)c(F)c1)C(=O)CN1CCCCC1. The van der Waals surface area contributed by atoms with Gasteiger partial charge in [0.05, 0.1) is 18.0 Å². The predicted octanol–water partition coefficient (Wildman–Crippen LogP) is 3.36. The Morgan fingerprint density at radius 3 is 2.28 bits per heavy atom. The van der Waals surface area contributed by atoms with E-state index in [9.17, 15) is 26.8 Å². The van der Waals surface area contributed by atoms with Gasteiger partial charge in [-0.15, -0.1) is 0 Å². The third-order valence-electron chi connectivity index (χ3n) is 6.03. The lowest BCUT2D eigenvalue weighted by atomic mass is 10.1. The number of likely N-dealkylation sites (tertiary alicyclic amines) is 1. The molecule has 3 rings (SSSR count). The van der Waals surface area contributed by atoms with Crippen molar-refractivity contribution in [3.8, 4) is 11.5 Å². The predicted molar refractivity (Wildman–Crippen MR) is 139 cm³/mol. The number of hydrogen-bond acceptors (Lipinski definition) is 7. The van der Waals surface area contributed by atoms with Gasteiger partial charge in [-0.25, -0.2) is 22.7 Å². The molecule has 0 aromatic heterocycles. The zero-order valence-corrected chi connectivity index (χ0v) is 22.6. The van der Waals surface area contributed by atoms with Crippen molar-refractivity contribution in [2.75, 3.05) is 39.3 Å². The Kier molecular flexibility index (Phi) is 10.8. The van der Waals surface area contributed by atoms with Gasteiger partial charge in [0, 0.05) is 18.1 Å². The van der Waals surface area contributed by atoms with E-state index in [4.69, 9.17) is 21.5 Å². The molecule has 39 heavy (non-hydrogen) atoms. The molecular weight excluding hydrogens is 558 g/mol. The number of amides is 2. The minimum absolute atomic E-state index is 0.0628. The van der Waals surface area contributed by atoms with Crippen molar-refractivity contribution in [1.29, 1.82) is 0 Å². The first-order valence-electron chi connectivity index (χ1n) is 12.0. The maximum atomic E-state index is 14.8. The number of hydroxylamine groups is 1. The highest BCUT2D eigenvalue weighted by molar-refractivity contribution is 7.89. The molecule has 0 radical (unpaired) electrons. The van der Waals surface area contributed by atoms with Crippen molar-refractivity contribution in [2.24, 2.45) is 0 Å². The molecule has 2 amide bonds. The molecule has 0 spiro atoms. The normalized spacial score (nSPS) is 14.2. The number of nitrogens with one attached hydrogen (secondary N) is 1. The Labute approximate surface area is 230 Å². The van der Waals surface area contributed by atoms with Gasteiger partial charge in [0.1, 0.15) is 5.75 Å². The molecule has 2 aromatic rings. The van der Waals surface area contributed by atoms with Crippen molar-refractivity contribution < 1.29 is 36.7 Å². The lowest BCUT2D eigenvalue weighted by Gasteiger charge is -2.29. The minimum Gasteiger partial charge on any atom is -0.451 e. The molecule has 212 valence electrons. The summed E-state index contributed by atoms with van der Waals surface area (Å²) in [6, 6.07) is 6.75. The Morgan fingerprint density at radius 1 is 1.10 bits per heavy atom. The van der Waals surface area contributed by atoms with Gasteiger partial charge in [-0.3, -0.25) is 19.7 Å². The molecule has 1 aliphatic heterocycles. The second kappa shape index (κ2) is 13.8. The molecule has 1 aliphatic rings. The van der Waals surface area contributed by atoms with Gasteiger partial charge in [-0.2, -0.15) is 4.31 Å². The van der Waals surface area contributed by atoms with Crippen LogP contribution in [0.2, 0.25) is 5.02 Å². The third-order valence-corrected chi connectivity index (χ3v) is 8.10. The highest BCUT2D eigenvalue weighted by Crippen LogP contribution is 2.31. The van der Waals surface area contributed by atoms with E-state index in [1.165, 1.54) is 40.8 Å². The van der Waals surface area contributed by atoms with Crippen LogP contribution in [0.3, 0.4) is 0 Å². The Bertz CT molecular complexity index is 1270. The van der Waals surface area contributed by atoms with Crippen molar-refractivity contribution in [3.63, 3.8) is 0 Å². The summed E-state index contributed by atoms with van der Waals surface area (Å²) in [4.78, 5) is 27.0. The van der Waals surface area contributed by atoms with Crippen molar-refractivity contribution >= 4 is 33.4 Å². The zero-order chi connectivity index (χ0) is 28.6. The van der Waals surface area contributed by atoms with Crippen LogP contribution in [0.25, 0.3) is 0 Å². The van der Waals surface area contributed by atoms with Crippen LogP contribution in [0.4, 0.5) is 8.78 Å². The van der Waals surface area contributed by atoms with Gasteiger partial charge in [0.15, 0.2) is 17.4 Å². The summed E-state index contributed by atoms with van der Waals surface area (Å²) in [6.45, 7) is 3.74. The Hall–Kier alpha value is -3.10. The fourth-order valence-corrected chi connectivity index (χ4v) is 5.51. The molecule has 10 nitrogen and oxygen atoms in total. The van der Waals surface area contributed by atoms with Crippen LogP contribution in [-0.2, 0) is 19.6 Å². The molecule has 0 unspecified atom stereocenters. The molecule has 1 saturated heterocycles. The molecule has 2 aromatic carbocycles. The highest BCUT2D eigenvalue weighted by Gasteiger charge is 2.30. The highest BCUT2D eigenvalue weighted by atomic mass is 35.5. The van der Waals surface area contributed by atoms with Crippen LogP contribution in [-0.4, -0.2) is 78.8 Å². The van der Waals surface area contributed by atoms with Crippen LogP contribution in [0.5, 0.6) is 11.5 Å². The summed E-state index contributed by atoms with van der Waals surface area (Å²) in [7, 11) is -4.68. The average molecular weight is 587 g/mol. The average Bonchev–Trinajstić information content (AvgIpc) is 2.91. The number of sulfonamides is 1. The number of ether oxygens (including phenoxy) is 1. The maximum Gasteiger partial charge on any atom is 0.258 e. The Balaban J connectivity index is 1.80. The quantitative estimate of drug-likeness (QED) is 0.289. The second-order valence-corrected chi connectivity index (χ2v) is 11.1.